The first-order chi connectivity index (χ1) is 16.7. The number of nitrogens with one attached hydrogen (secondary N) is 3. The lowest BCUT2D eigenvalue weighted by molar-refractivity contribution is 0.0904. The second-order valence-electron chi connectivity index (χ2n) is 8.65. The lowest BCUT2D eigenvalue weighted by atomic mass is 10.1. The quantitative estimate of drug-likeness (QED) is 0.389. The summed E-state index contributed by atoms with van der Waals surface area (Å²) in [6.07, 6.45) is 3.52. The topological polar surface area (TPSA) is 129 Å². The summed E-state index contributed by atoms with van der Waals surface area (Å²) in [5.41, 5.74) is 9.06. The molecule has 11 heteroatoms. The smallest absolute Gasteiger partial charge is 0.231 e. The standard InChI is InChI=1S/C23H33N9O2/c1-33-19-14-17(32-10-8-31(7-6-24)9-11-32)2-3-18(19)28-23-29-21-20(25-15-26-21)22(30-23)27-16-4-12-34-13-5-16/h2-3,14-16H,4-13,24H2,1H3,(H3,25,26,27,28,29,30). The fraction of sp³-hybridized carbons (Fsp3) is 0.522. The zero-order valence-electron chi connectivity index (χ0n) is 19.6. The van der Waals surface area contributed by atoms with E-state index in [0.29, 0.717) is 30.0 Å². The maximum absolute atomic E-state index is 5.71. The maximum Gasteiger partial charge on any atom is 0.231 e. The van der Waals surface area contributed by atoms with Crippen LogP contribution in [0.3, 0.4) is 0 Å². The normalized spacial score (nSPS) is 17.8. The van der Waals surface area contributed by atoms with E-state index in [-0.39, 0.29) is 0 Å². The number of rotatable bonds is 8. The molecule has 2 aromatic heterocycles. The molecule has 182 valence electrons. The number of ether oxygens (including phenoxy) is 2. The summed E-state index contributed by atoms with van der Waals surface area (Å²) < 4.78 is 11.2. The summed E-state index contributed by atoms with van der Waals surface area (Å²) in [5.74, 6) is 1.94. The van der Waals surface area contributed by atoms with Crippen LogP contribution in [0.25, 0.3) is 11.2 Å². The molecule has 2 fully saturated rings. The molecule has 2 aliphatic heterocycles. The zero-order chi connectivity index (χ0) is 23.3. The van der Waals surface area contributed by atoms with Gasteiger partial charge in [0.15, 0.2) is 11.5 Å². The number of fused-ring (bicyclic) bond motifs is 1. The van der Waals surface area contributed by atoms with E-state index >= 15 is 0 Å². The average molecular weight is 468 g/mol. The molecule has 1 aromatic carbocycles. The van der Waals surface area contributed by atoms with Crippen molar-refractivity contribution in [2.45, 2.75) is 18.9 Å². The van der Waals surface area contributed by atoms with Crippen LogP contribution in [0.1, 0.15) is 12.8 Å². The van der Waals surface area contributed by atoms with Crippen molar-refractivity contribution in [1.29, 1.82) is 0 Å². The van der Waals surface area contributed by atoms with Gasteiger partial charge in [-0.3, -0.25) is 4.90 Å². The lowest BCUT2D eigenvalue weighted by Crippen LogP contribution is -2.47. The molecule has 34 heavy (non-hydrogen) atoms. The Morgan fingerprint density at radius 3 is 2.76 bits per heavy atom. The van der Waals surface area contributed by atoms with Gasteiger partial charge in [-0.1, -0.05) is 0 Å². The Kier molecular flexibility index (Phi) is 6.93. The van der Waals surface area contributed by atoms with Crippen molar-refractivity contribution in [2.75, 3.05) is 75.1 Å². The number of methoxy groups -OCH3 is 1. The van der Waals surface area contributed by atoms with Crippen LogP contribution in [0.4, 0.5) is 23.1 Å². The van der Waals surface area contributed by atoms with Crippen molar-refractivity contribution in [2.24, 2.45) is 5.73 Å². The van der Waals surface area contributed by atoms with E-state index in [1.54, 1.807) is 13.4 Å². The van der Waals surface area contributed by atoms with Gasteiger partial charge in [0.25, 0.3) is 0 Å². The number of piperazine rings is 1. The number of aromatic nitrogens is 4. The summed E-state index contributed by atoms with van der Waals surface area (Å²) >= 11 is 0. The van der Waals surface area contributed by atoms with Crippen LogP contribution in [-0.2, 0) is 4.74 Å². The molecule has 11 nitrogen and oxygen atoms in total. The average Bonchev–Trinajstić information content (AvgIpc) is 3.35. The minimum atomic E-state index is 0.301. The first-order valence-corrected chi connectivity index (χ1v) is 11.9. The van der Waals surface area contributed by atoms with E-state index in [0.717, 1.165) is 81.4 Å². The van der Waals surface area contributed by atoms with Gasteiger partial charge in [0, 0.05) is 70.3 Å². The largest absolute Gasteiger partial charge is 0.494 e. The van der Waals surface area contributed by atoms with Crippen LogP contribution in [0.5, 0.6) is 5.75 Å². The third-order valence-electron chi connectivity index (χ3n) is 6.46. The highest BCUT2D eigenvalue weighted by Gasteiger charge is 2.20. The molecule has 0 atom stereocenters. The Balaban J connectivity index is 1.34. The van der Waals surface area contributed by atoms with E-state index in [1.807, 2.05) is 6.07 Å². The molecular weight excluding hydrogens is 434 g/mol. The van der Waals surface area contributed by atoms with Crippen molar-refractivity contribution < 1.29 is 9.47 Å². The second kappa shape index (κ2) is 10.4. The van der Waals surface area contributed by atoms with Gasteiger partial charge in [0.05, 0.1) is 19.1 Å². The van der Waals surface area contributed by atoms with E-state index in [9.17, 15) is 0 Å². The Morgan fingerprint density at radius 2 is 2.00 bits per heavy atom. The monoisotopic (exact) mass is 467 g/mol. The molecule has 0 bridgehead atoms. The number of imidazole rings is 1. The molecule has 0 aliphatic carbocycles. The number of H-pyrrole nitrogens is 1. The van der Waals surface area contributed by atoms with Crippen LogP contribution in [-0.4, -0.2) is 90.5 Å². The molecular formula is C23H33N9O2. The van der Waals surface area contributed by atoms with Crippen LogP contribution in [0, 0.1) is 0 Å². The van der Waals surface area contributed by atoms with Crippen molar-refractivity contribution in [3.8, 4) is 5.75 Å². The van der Waals surface area contributed by atoms with Crippen molar-refractivity contribution >= 4 is 34.3 Å². The highest BCUT2D eigenvalue weighted by molar-refractivity contribution is 5.84. The summed E-state index contributed by atoms with van der Waals surface area (Å²) in [7, 11) is 1.68. The van der Waals surface area contributed by atoms with Crippen molar-refractivity contribution in [1.82, 2.24) is 24.8 Å². The molecule has 0 amide bonds. The summed E-state index contributed by atoms with van der Waals surface area (Å²) in [6, 6.07) is 6.50. The zero-order valence-corrected chi connectivity index (χ0v) is 19.6. The second-order valence-corrected chi connectivity index (χ2v) is 8.65. The first kappa shape index (κ1) is 22.6. The van der Waals surface area contributed by atoms with Crippen LogP contribution >= 0.6 is 0 Å². The number of hydrogen-bond acceptors (Lipinski definition) is 10. The van der Waals surface area contributed by atoms with E-state index < -0.39 is 0 Å². The Bertz CT molecular complexity index is 1090. The number of nitrogens with two attached hydrogens (primary N) is 1. The van der Waals surface area contributed by atoms with Crippen LogP contribution in [0.15, 0.2) is 24.5 Å². The van der Waals surface area contributed by atoms with Gasteiger partial charge in [0.1, 0.15) is 11.3 Å². The van der Waals surface area contributed by atoms with Gasteiger partial charge < -0.3 is 35.7 Å². The molecule has 0 spiro atoms. The fourth-order valence-electron chi connectivity index (χ4n) is 4.54. The van der Waals surface area contributed by atoms with Crippen LogP contribution < -0.4 is 26.0 Å². The molecule has 0 unspecified atom stereocenters. The van der Waals surface area contributed by atoms with E-state index in [4.69, 9.17) is 20.2 Å². The molecule has 3 aromatic rings. The van der Waals surface area contributed by atoms with Gasteiger partial charge in [0.2, 0.25) is 5.95 Å². The molecule has 2 aliphatic rings. The predicted molar refractivity (Wildman–Crippen MR) is 133 cm³/mol. The third-order valence-corrected chi connectivity index (χ3v) is 6.46. The summed E-state index contributed by atoms with van der Waals surface area (Å²) in [5, 5.41) is 6.86. The minimum Gasteiger partial charge on any atom is -0.494 e. The number of anilines is 4. The number of nitrogens with zero attached hydrogens (tertiary/aromatic N) is 5. The predicted octanol–water partition coefficient (Wildman–Crippen LogP) is 1.78. The number of hydrogen-bond donors (Lipinski definition) is 4. The molecule has 4 heterocycles. The summed E-state index contributed by atoms with van der Waals surface area (Å²) in [4.78, 5) is 21.6. The maximum atomic E-state index is 5.71. The molecule has 0 radical (unpaired) electrons. The van der Waals surface area contributed by atoms with Gasteiger partial charge in [-0.2, -0.15) is 9.97 Å². The SMILES string of the molecule is COc1cc(N2CCN(CCN)CC2)ccc1Nc1nc(NC2CCOCC2)c2nc[nH]c2n1. The Labute approximate surface area is 199 Å². The van der Waals surface area contributed by atoms with Gasteiger partial charge in [-0.05, 0) is 25.0 Å². The summed E-state index contributed by atoms with van der Waals surface area (Å²) in [6.45, 7) is 7.12. The van der Waals surface area contributed by atoms with E-state index in [1.165, 1.54) is 0 Å². The van der Waals surface area contributed by atoms with Gasteiger partial charge >= 0.3 is 0 Å². The van der Waals surface area contributed by atoms with E-state index in [2.05, 4.69) is 47.5 Å². The molecule has 2 saturated heterocycles. The Hall–Kier alpha value is -3.15. The van der Waals surface area contributed by atoms with Crippen LogP contribution in [0.2, 0.25) is 0 Å². The van der Waals surface area contributed by atoms with Crippen molar-refractivity contribution in [3.05, 3.63) is 24.5 Å². The number of aromatic amines is 1. The lowest BCUT2D eigenvalue weighted by Gasteiger charge is -2.36. The Morgan fingerprint density at radius 1 is 1.18 bits per heavy atom. The highest BCUT2D eigenvalue weighted by Crippen LogP contribution is 2.32. The van der Waals surface area contributed by atoms with Crippen molar-refractivity contribution in [3.63, 3.8) is 0 Å². The number of benzene rings is 1. The highest BCUT2D eigenvalue weighted by atomic mass is 16.5. The molecule has 0 saturated carbocycles. The van der Waals surface area contributed by atoms with Gasteiger partial charge in [-0.15, -0.1) is 0 Å². The molecule has 5 rings (SSSR count). The third kappa shape index (κ3) is 5.01. The minimum absolute atomic E-state index is 0.301. The first-order valence-electron chi connectivity index (χ1n) is 11.9. The molecule has 5 N–H and O–H groups in total. The fourth-order valence-corrected chi connectivity index (χ4v) is 4.54. The van der Waals surface area contributed by atoms with Gasteiger partial charge in [-0.25, -0.2) is 4.98 Å².